The Morgan fingerprint density at radius 2 is 2.40 bits per heavy atom. The Kier molecular flexibility index (Phi) is 2.62. The summed E-state index contributed by atoms with van der Waals surface area (Å²) in [7, 11) is 1.97. The highest BCUT2D eigenvalue weighted by atomic mass is 15.3. The summed E-state index contributed by atoms with van der Waals surface area (Å²) < 4.78 is 2.18. The van der Waals surface area contributed by atoms with Gasteiger partial charge in [-0.05, 0) is 6.42 Å². The van der Waals surface area contributed by atoms with Gasteiger partial charge < -0.3 is 15.2 Å². The van der Waals surface area contributed by atoms with E-state index in [-0.39, 0.29) is 6.04 Å². The molecular formula is C10H17N5. The number of aromatic nitrogens is 2. The van der Waals surface area contributed by atoms with Gasteiger partial charge in [0.15, 0.2) is 5.96 Å². The van der Waals surface area contributed by atoms with Crippen molar-refractivity contribution in [2.24, 2.45) is 10.7 Å². The van der Waals surface area contributed by atoms with Crippen molar-refractivity contribution >= 4 is 5.96 Å². The van der Waals surface area contributed by atoms with Crippen LogP contribution in [0.1, 0.15) is 25.1 Å². The summed E-state index contributed by atoms with van der Waals surface area (Å²) in [6.07, 6.45) is 4.89. The van der Waals surface area contributed by atoms with Gasteiger partial charge in [0.1, 0.15) is 0 Å². The van der Waals surface area contributed by atoms with Gasteiger partial charge >= 0.3 is 0 Å². The van der Waals surface area contributed by atoms with Gasteiger partial charge in [-0.2, -0.15) is 0 Å². The Balaban J connectivity index is 2.20. The first kappa shape index (κ1) is 10.0. The second kappa shape index (κ2) is 3.92. The van der Waals surface area contributed by atoms with E-state index in [0.29, 0.717) is 5.96 Å². The van der Waals surface area contributed by atoms with Crippen LogP contribution in [0.3, 0.4) is 0 Å². The molecule has 2 rings (SSSR count). The van der Waals surface area contributed by atoms with Crippen molar-refractivity contribution in [3.8, 4) is 0 Å². The third kappa shape index (κ3) is 1.69. The molecule has 1 aliphatic heterocycles. The Morgan fingerprint density at radius 3 is 3.00 bits per heavy atom. The van der Waals surface area contributed by atoms with Crippen molar-refractivity contribution in [2.45, 2.75) is 25.9 Å². The molecule has 0 spiro atoms. The SMILES string of the molecule is CCCn1cncc1C1CN=C(N)N1C. The highest BCUT2D eigenvalue weighted by Gasteiger charge is 2.26. The number of hydrogen-bond acceptors (Lipinski definition) is 4. The van der Waals surface area contributed by atoms with Crippen LogP contribution in [0.4, 0.5) is 0 Å². The number of likely N-dealkylation sites (N-methyl/N-ethyl adjacent to an activating group) is 1. The quantitative estimate of drug-likeness (QED) is 0.789. The van der Waals surface area contributed by atoms with Crippen LogP contribution in [0.5, 0.6) is 0 Å². The number of nitrogens with two attached hydrogens (primary N) is 1. The van der Waals surface area contributed by atoms with E-state index in [0.717, 1.165) is 19.5 Å². The lowest BCUT2D eigenvalue weighted by molar-refractivity contribution is 0.391. The minimum Gasteiger partial charge on any atom is -0.370 e. The average Bonchev–Trinajstić information content (AvgIpc) is 2.77. The molecule has 0 aliphatic carbocycles. The number of aryl methyl sites for hydroxylation is 1. The zero-order valence-corrected chi connectivity index (χ0v) is 9.22. The molecule has 1 aromatic rings. The zero-order valence-electron chi connectivity index (χ0n) is 9.22. The van der Waals surface area contributed by atoms with Crippen LogP contribution in [-0.4, -0.2) is 34.0 Å². The Hall–Kier alpha value is -1.52. The van der Waals surface area contributed by atoms with Gasteiger partial charge in [-0.3, -0.25) is 4.99 Å². The van der Waals surface area contributed by atoms with E-state index in [1.807, 2.05) is 24.5 Å². The Morgan fingerprint density at radius 1 is 1.60 bits per heavy atom. The molecule has 0 saturated heterocycles. The number of aliphatic imine (C=N–C) groups is 1. The lowest BCUT2D eigenvalue weighted by Crippen LogP contribution is -2.33. The number of guanidine groups is 1. The van der Waals surface area contributed by atoms with E-state index in [9.17, 15) is 0 Å². The minimum atomic E-state index is 0.249. The lowest BCUT2D eigenvalue weighted by Gasteiger charge is -2.22. The van der Waals surface area contributed by atoms with Crippen molar-refractivity contribution < 1.29 is 0 Å². The molecule has 0 amide bonds. The van der Waals surface area contributed by atoms with E-state index in [2.05, 4.69) is 21.5 Å². The van der Waals surface area contributed by atoms with Crippen molar-refractivity contribution in [3.63, 3.8) is 0 Å². The highest BCUT2D eigenvalue weighted by Crippen LogP contribution is 2.23. The van der Waals surface area contributed by atoms with Crippen molar-refractivity contribution in [2.75, 3.05) is 13.6 Å². The molecule has 15 heavy (non-hydrogen) atoms. The van der Waals surface area contributed by atoms with Gasteiger partial charge in [-0.1, -0.05) is 6.92 Å². The summed E-state index contributed by atoms with van der Waals surface area (Å²) in [5, 5.41) is 0. The van der Waals surface area contributed by atoms with Crippen LogP contribution in [0.2, 0.25) is 0 Å². The first-order chi connectivity index (χ1) is 7.24. The van der Waals surface area contributed by atoms with Crippen molar-refractivity contribution in [1.29, 1.82) is 0 Å². The summed E-state index contributed by atoms with van der Waals surface area (Å²) in [6.45, 7) is 3.89. The molecule has 5 heteroatoms. The van der Waals surface area contributed by atoms with E-state index in [1.165, 1.54) is 5.69 Å². The van der Waals surface area contributed by atoms with E-state index < -0.39 is 0 Å². The predicted molar refractivity (Wildman–Crippen MR) is 59.5 cm³/mol. The second-order valence-electron chi connectivity index (χ2n) is 3.84. The van der Waals surface area contributed by atoms with Gasteiger partial charge in [-0.15, -0.1) is 0 Å². The largest absolute Gasteiger partial charge is 0.370 e. The maximum absolute atomic E-state index is 5.75. The molecule has 0 aromatic carbocycles. The first-order valence-corrected chi connectivity index (χ1v) is 5.26. The molecule has 2 N–H and O–H groups in total. The fourth-order valence-corrected chi connectivity index (χ4v) is 1.90. The molecule has 1 unspecified atom stereocenters. The molecule has 0 radical (unpaired) electrons. The van der Waals surface area contributed by atoms with E-state index in [1.54, 1.807) is 0 Å². The molecule has 0 saturated carbocycles. The molecule has 82 valence electrons. The molecule has 0 bridgehead atoms. The number of hydrogen-bond donors (Lipinski definition) is 1. The highest BCUT2D eigenvalue weighted by molar-refractivity contribution is 5.80. The topological polar surface area (TPSA) is 59.4 Å². The fraction of sp³-hybridized carbons (Fsp3) is 0.600. The molecule has 0 fully saturated rings. The lowest BCUT2D eigenvalue weighted by atomic mass is 10.2. The van der Waals surface area contributed by atoms with Gasteiger partial charge in [0.2, 0.25) is 0 Å². The average molecular weight is 207 g/mol. The smallest absolute Gasteiger partial charge is 0.191 e. The monoisotopic (exact) mass is 207 g/mol. The number of imidazole rings is 1. The second-order valence-corrected chi connectivity index (χ2v) is 3.84. The molecular weight excluding hydrogens is 190 g/mol. The van der Waals surface area contributed by atoms with Crippen LogP contribution in [0.25, 0.3) is 0 Å². The third-order valence-electron chi connectivity index (χ3n) is 2.81. The van der Waals surface area contributed by atoms with Gasteiger partial charge in [-0.25, -0.2) is 4.98 Å². The normalized spacial score (nSPS) is 20.8. The maximum Gasteiger partial charge on any atom is 0.191 e. The number of rotatable bonds is 3. The van der Waals surface area contributed by atoms with E-state index >= 15 is 0 Å². The standard InChI is InChI=1S/C10H17N5/c1-3-4-15-7-12-5-9(15)8-6-13-10(11)14(8)2/h5,7-8H,3-4,6H2,1-2H3,(H2,11,13). The molecule has 1 atom stereocenters. The number of nitrogens with zero attached hydrogens (tertiary/aromatic N) is 4. The van der Waals surface area contributed by atoms with Crippen LogP contribution in [-0.2, 0) is 6.54 Å². The van der Waals surface area contributed by atoms with Gasteiger partial charge in [0, 0.05) is 13.6 Å². The van der Waals surface area contributed by atoms with Gasteiger partial charge in [0.05, 0.1) is 30.8 Å². The van der Waals surface area contributed by atoms with Crippen LogP contribution < -0.4 is 5.73 Å². The summed E-state index contributed by atoms with van der Waals surface area (Å²) in [6, 6.07) is 0.249. The molecule has 5 nitrogen and oxygen atoms in total. The molecule has 2 heterocycles. The van der Waals surface area contributed by atoms with Crippen LogP contribution in [0, 0.1) is 0 Å². The molecule has 1 aromatic heterocycles. The zero-order chi connectivity index (χ0) is 10.8. The Bertz CT molecular complexity index is 368. The summed E-state index contributed by atoms with van der Waals surface area (Å²) in [5.41, 5.74) is 6.94. The fourth-order valence-electron chi connectivity index (χ4n) is 1.90. The van der Waals surface area contributed by atoms with Crippen molar-refractivity contribution in [1.82, 2.24) is 14.5 Å². The molecule has 1 aliphatic rings. The van der Waals surface area contributed by atoms with E-state index in [4.69, 9.17) is 5.73 Å². The van der Waals surface area contributed by atoms with Crippen LogP contribution in [0.15, 0.2) is 17.5 Å². The van der Waals surface area contributed by atoms with Gasteiger partial charge in [0.25, 0.3) is 0 Å². The summed E-state index contributed by atoms with van der Waals surface area (Å²) in [4.78, 5) is 10.4. The third-order valence-corrected chi connectivity index (χ3v) is 2.81. The predicted octanol–water partition coefficient (Wildman–Crippen LogP) is 0.594. The minimum absolute atomic E-state index is 0.249. The van der Waals surface area contributed by atoms with Crippen molar-refractivity contribution in [3.05, 3.63) is 18.2 Å². The Labute approximate surface area is 89.6 Å². The first-order valence-electron chi connectivity index (χ1n) is 5.26. The summed E-state index contributed by atoms with van der Waals surface area (Å²) >= 11 is 0. The summed E-state index contributed by atoms with van der Waals surface area (Å²) in [5.74, 6) is 0.615. The van der Waals surface area contributed by atoms with Crippen LogP contribution >= 0.6 is 0 Å². The maximum atomic E-state index is 5.75.